The van der Waals surface area contributed by atoms with Gasteiger partial charge in [0.15, 0.2) is 0 Å². The Morgan fingerprint density at radius 3 is 2.70 bits per heavy atom. The van der Waals surface area contributed by atoms with Gasteiger partial charge in [0.2, 0.25) is 5.91 Å². The first kappa shape index (κ1) is 14.0. The van der Waals surface area contributed by atoms with Gasteiger partial charge in [-0.2, -0.15) is 5.26 Å². The standard InChI is InChI=1S/C16H14N2OS/c1-12(14-6-4-13(11-17)5-7-14)18-16(19)9-8-15-3-2-10-20-15/h2-10,12H,1H3,(H,18,19)/b9-8+. The molecule has 20 heavy (non-hydrogen) atoms. The molecule has 100 valence electrons. The number of nitrogens with zero attached hydrogens (tertiary/aromatic N) is 1. The predicted molar refractivity (Wildman–Crippen MR) is 81.1 cm³/mol. The zero-order valence-corrected chi connectivity index (χ0v) is 11.9. The van der Waals surface area contributed by atoms with Gasteiger partial charge in [0.25, 0.3) is 0 Å². The summed E-state index contributed by atoms with van der Waals surface area (Å²) in [4.78, 5) is 12.8. The molecule has 2 rings (SSSR count). The Bertz CT molecular complexity index is 636. The van der Waals surface area contributed by atoms with E-state index >= 15 is 0 Å². The average Bonchev–Trinajstić information content (AvgIpc) is 2.98. The fourth-order valence-corrected chi connectivity index (χ4v) is 2.35. The lowest BCUT2D eigenvalue weighted by molar-refractivity contribution is -0.117. The van der Waals surface area contributed by atoms with Gasteiger partial charge in [-0.1, -0.05) is 18.2 Å². The fourth-order valence-electron chi connectivity index (χ4n) is 1.74. The van der Waals surface area contributed by atoms with Gasteiger partial charge in [-0.3, -0.25) is 4.79 Å². The van der Waals surface area contributed by atoms with E-state index in [1.807, 2.05) is 36.6 Å². The van der Waals surface area contributed by atoms with E-state index in [0.29, 0.717) is 5.56 Å². The second kappa shape index (κ2) is 6.69. The highest BCUT2D eigenvalue weighted by Gasteiger charge is 2.07. The van der Waals surface area contributed by atoms with Crippen molar-refractivity contribution in [2.45, 2.75) is 13.0 Å². The molecule has 0 spiro atoms. The molecule has 1 heterocycles. The SMILES string of the molecule is CC(NC(=O)/C=C/c1cccs1)c1ccc(C#N)cc1. The minimum atomic E-state index is -0.129. The largest absolute Gasteiger partial charge is 0.346 e. The Kier molecular flexibility index (Phi) is 4.70. The number of carbonyl (C=O) groups excluding carboxylic acids is 1. The molecular weight excluding hydrogens is 268 g/mol. The van der Waals surface area contributed by atoms with E-state index < -0.39 is 0 Å². The molecule has 1 atom stereocenters. The lowest BCUT2D eigenvalue weighted by atomic mass is 10.1. The molecule has 1 aromatic carbocycles. The van der Waals surface area contributed by atoms with Gasteiger partial charge in [-0.05, 0) is 42.1 Å². The van der Waals surface area contributed by atoms with Crippen molar-refractivity contribution in [3.8, 4) is 6.07 Å². The van der Waals surface area contributed by atoms with Gasteiger partial charge < -0.3 is 5.32 Å². The van der Waals surface area contributed by atoms with Gasteiger partial charge in [-0.15, -0.1) is 11.3 Å². The summed E-state index contributed by atoms with van der Waals surface area (Å²) in [5.41, 5.74) is 1.59. The van der Waals surface area contributed by atoms with Crippen LogP contribution in [0.25, 0.3) is 6.08 Å². The molecule has 0 saturated carbocycles. The summed E-state index contributed by atoms with van der Waals surface area (Å²) >= 11 is 1.59. The van der Waals surface area contributed by atoms with Gasteiger partial charge in [0, 0.05) is 11.0 Å². The van der Waals surface area contributed by atoms with Crippen molar-refractivity contribution in [2.75, 3.05) is 0 Å². The third-order valence-electron chi connectivity index (χ3n) is 2.84. The molecule has 0 saturated heterocycles. The van der Waals surface area contributed by atoms with Crippen molar-refractivity contribution < 1.29 is 4.79 Å². The molecule has 1 amide bonds. The Morgan fingerprint density at radius 2 is 2.10 bits per heavy atom. The summed E-state index contributed by atoms with van der Waals surface area (Å²) in [6.07, 6.45) is 3.33. The molecule has 1 aromatic heterocycles. The van der Waals surface area contributed by atoms with Crippen molar-refractivity contribution in [2.24, 2.45) is 0 Å². The quantitative estimate of drug-likeness (QED) is 0.872. The number of hydrogen-bond donors (Lipinski definition) is 1. The van der Waals surface area contributed by atoms with Gasteiger partial charge >= 0.3 is 0 Å². The first-order valence-electron chi connectivity index (χ1n) is 6.21. The van der Waals surface area contributed by atoms with E-state index in [9.17, 15) is 4.79 Å². The summed E-state index contributed by atoms with van der Waals surface area (Å²) in [6.45, 7) is 1.91. The summed E-state index contributed by atoms with van der Waals surface area (Å²) in [5, 5.41) is 13.6. The maximum Gasteiger partial charge on any atom is 0.244 e. The summed E-state index contributed by atoms with van der Waals surface area (Å²) in [5.74, 6) is -0.129. The van der Waals surface area contributed by atoms with Crippen LogP contribution in [0.1, 0.15) is 29.0 Å². The average molecular weight is 282 g/mol. The number of amides is 1. The van der Waals surface area contributed by atoms with Crippen LogP contribution in [0.15, 0.2) is 47.9 Å². The molecule has 1 N–H and O–H groups in total. The molecule has 0 aliphatic carbocycles. The molecule has 3 nitrogen and oxygen atoms in total. The van der Waals surface area contributed by atoms with Crippen LogP contribution in [0.4, 0.5) is 0 Å². The van der Waals surface area contributed by atoms with Gasteiger partial charge in [0.1, 0.15) is 0 Å². The third-order valence-corrected chi connectivity index (χ3v) is 3.68. The fraction of sp³-hybridized carbons (Fsp3) is 0.125. The number of nitriles is 1. The summed E-state index contributed by atoms with van der Waals surface area (Å²) in [7, 11) is 0. The van der Waals surface area contributed by atoms with E-state index in [-0.39, 0.29) is 11.9 Å². The smallest absolute Gasteiger partial charge is 0.244 e. The van der Waals surface area contributed by atoms with Crippen LogP contribution in [-0.2, 0) is 4.79 Å². The van der Waals surface area contributed by atoms with Crippen LogP contribution in [0.2, 0.25) is 0 Å². The number of carbonyl (C=O) groups is 1. The van der Waals surface area contributed by atoms with Crippen LogP contribution in [0.3, 0.4) is 0 Å². The van der Waals surface area contributed by atoms with Crippen molar-refractivity contribution in [3.05, 3.63) is 63.9 Å². The normalized spacial score (nSPS) is 12.0. The Labute approximate surface area is 122 Å². The monoisotopic (exact) mass is 282 g/mol. The van der Waals surface area contributed by atoms with E-state index in [2.05, 4.69) is 11.4 Å². The van der Waals surface area contributed by atoms with Crippen LogP contribution in [0.5, 0.6) is 0 Å². The Morgan fingerprint density at radius 1 is 1.35 bits per heavy atom. The molecule has 0 bridgehead atoms. The minimum absolute atomic E-state index is 0.0942. The van der Waals surface area contributed by atoms with Crippen molar-refractivity contribution >= 4 is 23.3 Å². The van der Waals surface area contributed by atoms with E-state index in [1.165, 1.54) is 6.08 Å². The van der Waals surface area contributed by atoms with E-state index in [4.69, 9.17) is 5.26 Å². The van der Waals surface area contributed by atoms with E-state index in [1.54, 1.807) is 29.5 Å². The van der Waals surface area contributed by atoms with Crippen LogP contribution in [-0.4, -0.2) is 5.91 Å². The highest BCUT2D eigenvalue weighted by atomic mass is 32.1. The number of rotatable bonds is 4. The lowest BCUT2D eigenvalue weighted by Crippen LogP contribution is -2.24. The van der Waals surface area contributed by atoms with Crippen molar-refractivity contribution in [3.63, 3.8) is 0 Å². The molecule has 0 aliphatic heterocycles. The maximum absolute atomic E-state index is 11.8. The minimum Gasteiger partial charge on any atom is -0.346 e. The molecule has 1 unspecified atom stereocenters. The van der Waals surface area contributed by atoms with Crippen LogP contribution in [0, 0.1) is 11.3 Å². The second-order valence-electron chi connectivity index (χ2n) is 4.31. The van der Waals surface area contributed by atoms with Crippen LogP contribution >= 0.6 is 11.3 Å². The third kappa shape index (κ3) is 3.81. The molecule has 0 aliphatic rings. The number of nitrogens with one attached hydrogen (secondary N) is 1. The van der Waals surface area contributed by atoms with Gasteiger partial charge in [-0.25, -0.2) is 0 Å². The van der Waals surface area contributed by atoms with Gasteiger partial charge in [0.05, 0.1) is 17.7 Å². The first-order valence-corrected chi connectivity index (χ1v) is 7.09. The summed E-state index contributed by atoms with van der Waals surface area (Å²) < 4.78 is 0. The highest BCUT2D eigenvalue weighted by molar-refractivity contribution is 7.10. The molecule has 4 heteroatoms. The van der Waals surface area contributed by atoms with Crippen molar-refractivity contribution in [1.82, 2.24) is 5.32 Å². The molecular formula is C16H14N2OS. The first-order chi connectivity index (χ1) is 9.69. The topological polar surface area (TPSA) is 52.9 Å². The van der Waals surface area contributed by atoms with Crippen molar-refractivity contribution in [1.29, 1.82) is 5.26 Å². The Hall–Kier alpha value is -2.38. The molecule has 0 radical (unpaired) electrons. The number of hydrogen-bond acceptors (Lipinski definition) is 3. The maximum atomic E-state index is 11.8. The zero-order valence-electron chi connectivity index (χ0n) is 11.0. The second-order valence-corrected chi connectivity index (χ2v) is 5.29. The molecule has 0 fully saturated rings. The van der Waals surface area contributed by atoms with Crippen LogP contribution < -0.4 is 5.32 Å². The summed E-state index contributed by atoms with van der Waals surface area (Å²) in [6, 6.07) is 13.1. The zero-order chi connectivity index (χ0) is 14.4. The lowest BCUT2D eigenvalue weighted by Gasteiger charge is -2.12. The number of thiophene rings is 1. The van der Waals surface area contributed by atoms with E-state index in [0.717, 1.165) is 10.4 Å². The highest BCUT2D eigenvalue weighted by Crippen LogP contribution is 2.14. The Balaban J connectivity index is 1.95. The predicted octanol–water partition coefficient (Wildman–Crippen LogP) is 3.51. The molecule has 2 aromatic rings. The number of benzene rings is 1.